The minimum absolute atomic E-state index is 0.0996. The second kappa shape index (κ2) is 5.13. The molecule has 0 atom stereocenters. The Labute approximate surface area is 123 Å². The lowest BCUT2D eigenvalue weighted by Crippen LogP contribution is -2.63. The van der Waals surface area contributed by atoms with Gasteiger partial charge in [0.1, 0.15) is 0 Å². The van der Waals surface area contributed by atoms with Crippen LogP contribution >= 0.6 is 0 Å². The summed E-state index contributed by atoms with van der Waals surface area (Å²) >= 11 is 0. The van der Waals surface area contributed by atoms with Gasteiger partial charge in [-0.15, -0.1) is 0 Å². The molecule has 2 aromatic heterocycles. The molecule has 2 aromatic rings. The van der Waals surface area contributed by atoms with Crippen LogP contribution in [0.15, 0.2) is 30.6 Å². The molecule has 0 aliphatic carbocycles. The Morgan fingerprint density at radius 3 is 2.86 bits per heavy atom. The van der Waals surface area contributed by atoms with E-state index >= 15 is 0 Å². The van der Waals surface area contributed by atoms with E-state index in [-0.39, 0.29) is 5.91 Å². The standard InChI is InChI=1S/C15H19N5O/c21-15(13-9-17-20-6-2-1-3-14(13)20)19-10-12(11-19)18-7-4-16-5-8-18/h1-3,6,9,12,16H,4-5,7-8,10-11H2. The molecule has 0 spiro atoms. The van der Waals surface area contributed by atoms with Crippen molar-refractivity contribution in [2.24, 2.45) is 0 Å². The van der Waals surface area contributed by atoms with Crippen LogP contribution < -0.4 is 5.32 Å². The molecular weight excluding hydrogens is 266 g/mol. The summed E-state index contributed by atoms with van der Waals surface area (Å²) < 4.78 is 1.75. The third-order valence-electron chi connectivity index (χ3n) is 4.47. The summed E-state index contributed by atoms with van der Waals surface area (Å²) in [5, 5.41) is 7.60. The molecule has 6 nitrogen and oxygen atoms in total. The van der Waals surface area contributed by atoms with E-state index in [0.29, 0.717) is 11.6 Å². The first-order valence-electron chi connectivity index (χ1n) is 7.49. The van der Waals surface area contributed by atoms with E-state index in [1.165, 1.54) is 0 Å². The van der Waals surface area contributed by atoms with Crippen molar-refractivity contribution in [1.29, 1.82) is 0 Å². The van der Waals surface area contributed by atoms with Gasteiger partial charge in [0, 0.05) is 51.5 Å². The van der Waals surface area contributed by atoms with Crippen LogP contribution in [0.5, 0.6) is 0 Å². The predicted molar refractivity (Wildman–Crippen MR) is 79.3 cm³/mol. The summed E-state index contributed by atoms with van der Waals surface area (Å²) in [5.74, 6) is 0.0996. The number of hydrogen-bond donors (Lipinski definition) is 1. The molecule has 1 amide bonds. The monoisotopic (exact) mass is 285 g/mol. The molecule has 0 unspecified atom stereocenters. The van der Waals surface area contributed by atoms with Crippen LogP contribution in [-0.4, -0.2) is 70.6 Å². The van der Waals surface area contributed by atoms with Gasteiger partial charge in [0.2, 0.25) is 0 Å². The molecular formula is C15H19N5O. The second-order valence-electron chi connectivity index (χ2n) is 5.74. The molecule has 0 aromatic carbocycles. The van der Waals surface area contributed by atoms with E-state index in [4.69, 9.17) is 0 Å². The van der Waals surface area contributed by atoms with Crippen molar-refractivity contribution in [3.8, 4) is 0 Å². The largest absolute Gasteiger partial charge is 0.335 e. The number of likely N-dealkylation sites (tertiary alicyclic amines) is 1. The van der Waals surface area contributed by atoms with Gasteiger partial charge in [-0.05, 0) is 12.1 Å². The predicted octanol–water partition coefficient (Wildman–Crippen LogP) is 0.0639. The van der Waals surface area contributed by atoms with Crippen LogP contribution in [-0.2, 0) is 0 Å². The molecule has 1 N–H and O–H groups in total. The number of amides is 1. The highest BCUT2D eigenvalue weighted by Gasteiger charge is 2.36. The highest BCUT2D eigenvalue weighted by atomic mass is 16.2. The zero-order valence-corrected chi connectivity index (χ0v) is 11.9. The first-order chi connectivity index (χ1) is 10.3. The molecule has 2 fully saturated rings. The van der Waals surface area contributed by atoms with Crippen molar-refractivity contribution in [3.05, 3.63) is 36.2 Å². The van der Waals surface area contributed by atoms with E-state index in [0.717, 1.165) is 44.8 Å². The van der Waals surface area contributed by atoms with Crippen LogP contribution in [0.3, 0.4) is 0 Å². The average Bonchev–Trinajstić information content (AvgIpc) is 2.90. The van der Waals surface area contributed by atoms with Crippen molar-refractivity contribution in [2.45, 2.75) is 6.04 Å². The number of carbonyl (C=O) groups excluding carboxylic acids is 1. The number of nitrogens with one attached hydrogen (secondary N) is 1. The number of piperazine rings is 1. The summed E-state index contributed by atoms with van der Waals surface area (Å²) in [5.41, 5.74) is 1.59. The fourth-order valence-electron chi connectivity index (χ4n) is 3.17. The van der Waals surface area contributed by atoms with E-state index in [1.807, 2.05) is 29.3 Å². The molecule has 0 radical (unpaired) electrons. The van der Waals surface area contributed by atoms with E-state index < -0.39 is 0 Å². The Hall–Kier alpha value is -1.92. The van der Waals surface area contributed by atoms with E-state index in [9.17, 15) is 4.79 Å². The van der Waals surface area contributed by atoms with Crippen molar-refractivity contribution in [1.82, 2.24) is 24.7 Å². The summed E-state index contributed by atoms with van der Waals surface area (Å²) in [7, 11) is 0. The van der Waals surface area contributed by atoms with Gasteiger partial charge in [-0.3, -0.25) is 9.69 Å². The fraction of sp³-hybridized carbons (Fsp3) is 0.467. The van der Waals surface area contributed by atoms with Crippen LogP contribution in [0.1, 0.15) is 10.4 Å². The third kappa shape index (κ3) is 2.20. The van der Waals surface area contributed by atoms with Crippen LogP contribution in [0.25, 0.3) is 5.52 Å². The topological polar surface area (TPSA) is 52.9 Å². The van der Waals surface area contributed by atoms with Gasteiger partial charge < -0.3 is 10.2 Å². The van der Waals surface area contributed by atoms with Gasteiger partial charge in [-0.2, -0.15) is 5.10 Å². The molecule has 2 aliphatic rings. The molecule has 2 saturated heterocycles. The maximum absolute atomic E-state index is 12.6. The van der Waals surface area contributed by atoms with Gasteiger partial charge in [-0.25, -0.2) is 4.52 Å². The number of aromatic nitrogens is 2. The highest BCUT2D eigenvalue weighted by Crippen LogP contribution is 2.20. The minimum atomic E-state index is 0.0996. The zero-order valence-electron chi connectivity index (χ0n) is 11.9. The van der Waals surface area contributed by atoms with Gasteiger partial charge in [0.15, 0.2) is 0 Å². The third-order valence-corrected chi connectivity index (χ3v) is 4.47. The molecule has 4 heterocycles. The lowest BCUT2D eigenvalue weighted by atomic mass is 10.0. The molecule has 2 aliphatic heterocycles. The molecule has 110 valence electrons. The fourth-order valence-corrected chi connectivity index (χ4v) is 3.17. The summed E-state index contributed by atoms with van der Waals surface area (Å²) in [6.07, 6.45) is 3.54. The first-order valence-corrected chi connectivity index (χ1v) is 7.49. The zero-order chi connectivity index (χ0) is 14.2. The minimum Gasteiger partial charge on any atom is -0.335 e. The lowest BCUT2D eigenvalue weighted by Gasteiger charge is -2.46. The van der Waals surface area contributed by atoms with Gasteiger partial charge in [-0.1, -0.05) is 6.07 Å². The maximum atomic E-state index is 12.6. The van der Waals surface area contributed by atoms with Crippen molar-refractivity contribution < 1.29 is 4.79 Å². The highest BCUT2D eigenvalue weighted by molar-refractivity contribution is 6.01. The van der Waals surface area contributed by atoms with Gasteiger partial charge >= 0.3 is 0 Å². The quantitative estimate of drug-likeness (QED) is 0.848. The first kappa shape index (κ1) is 12.8. The van der Waals surface area contributed by atoms with Crippen molar-refractivity contribution in [2.75, 3.05) is 39.3 Å². The Kier molecular flexibility index (Phi) is 3.12. The maximum Gasteiger partial charge on any atom is 0.257 e. The Morgan fingerprint density at radius 1 is 1.24 bits per heavy atom. The Bertz CT molecular complexity index is 655. The number of pyridine rings is 1. The number of hydrogen-bond acceptors (Lipinski definition) is 4. The second-order valence-corrected chi connectivity index (χ2v) is 5.74. The van der Waals surface area contributed by atoms with Crippen LogP contribution in [0, 0.1) is 0 Å². The number of nitrogens with zero attached hydrogens (tertiary/aromatic N) is 4. The summed E-state index contributed by atoms with van der Waals surface area (Å²) in [6, 6.07) is 6.32. The molecule has 0 saturated carbocycles. The molecule has 6 heteroatoms. The smallest absolute Gasteiger partial charge is 0.257 e. The van der Waals surface area contributed by atoms with Gasteiger partial charge in [0.25, 0.3) is 5.91 Å². The van der Waals surface area contributed by atoms with Gasteiger partial charge in [0.05, 0.1) is 17.3 Å². The number of carbonyl (C=O) groups is 1. The Morgan fingerprint density at radius 2 is 2.05 bits per heavy atom. The molecule has 4 rings (SSSR count). The normalized spacial score (nSPS) is 20.7. The molecule has 0 bridgehead atoms. The summed E-state index contributed by atoms with van der Waals surface area (Å²) in [4.78, 5) is 17.0. The van der Waals surface area contributed by atoms with Crippen LogP contribution in [0.2, 0.25) is 0 Å². The Balaban J connectivity index is 1.45. The van der Waals surface area contributed by atoms with Crippen molar-refractivity contribution in [3.63, 3.8) is 0 Å². The van der Waals surface area contributed by atoms with E-state index in [1.54, 1.807) is 10.7 Å². The van der Waals surface area contributed by atoms with Crippen LogP contribution in [0.4, 0.5) is 0 Å². The SMILES string of the molecule is O=C(c1cnn2ccccc12)N1CC(N2CCNCC2)C1. The number of fused-ring (bicyclic) bond motifs is 1. The lowest BCUT2D eigenvalue weighted by molar-refractivity contribution is 0.0228. The summed E-state index contributed by atoms with van der Waals surface area (Å²) in [6.45, 7) is 5.95. The molecule has 21 heavy (non-hydrogen) atoms. The number of rotatable bonds is 2. The van der Waals surface area contributed by atoms with Crippen molar-refractivity contribution >= 4 is 11.4 Å². The average molecular weight is 285 g/mol. The van der Waals surface area contributed by atoms with E-state index in [2.05, 4.69) is 15.3 Å².